The van der Waals surface area contributed by atoms with Crippen LogP contribution >= 0.6 is 0 Å². The van der Waals surface area contributed by atoms with Crippen molar-refractivity contribution in [3.05, 3.63) is 54.6 Å². The van der Waals surface area contributed by atoms with E-state index in [2.05, 4.69) is 24.8 Å². The fraction of sp³-hybridized carbons (Fsp3) is 0.312. The molecule has 94 valence electrons. The quantitative estimate of drug-likeness (QED) is 0.701. The summed E-state index contributed by atoms with van der Waals surface area (Å²) >= 11 is 0. The first-order chi connectivity index (χ1) is 8.81. The van der Waals surface area contributed by atoms with Gasteiger partial charge in [-0.25, -0.2) is 0 Å². The van der Waals surface area contributed by atoms with E-state index < -0.39 is 0 Å². The topological polar surface area (TPSA) is 20.3 Å². The summed E-state index contributed by atoms with van der Waals surface area (Å²) in [6, 6.07) is 10.1. The fourth-order valence-corrected chi connectivity index (χ4v) is 1.88. The SMILES string of the molecule is C=CCN(CC=Cc1ccccc1)C(=O)C1CC1. The number of benzene rings is 1. The molecule has 0 unspecified atom stereocenters. The second kappa shape index (κ2) is 6.20. The maximum atomic E-state index is 12.0. The summed E-state index contributed by atoms with van der Waals surface area (Å²) in [5.74, 6) is 0.544. The molecule has 2 heteroatoms. The molecule has 0 atom stereocenters. The molecule has 0 N–H and O–H groups in total. The van der Waals surface area contributed by atoms with E-state index in [4.69, 9.17) is 0 Å². The summed E-state index contributed by atoms with van der Waals surface area (Å²) < 4.78 is 0. The number of carbonyl (C=O) groups is 1. The molecular formula is C16H19NO. The molecule has 1 aliphatic carbocycles. The first-order valence-electron chi connectivity index (χ1n) is 6.42. The van der Waals surface area contributed by atoms with Crippen molar-refractivity contribution in [3.8, 4) is 0 Å². The van der Waals surface area contributed by atoms with Crippen molar-refractivity contribution in [1.29, 1.82) is 0 Å². The molecule has 0 aliphatic heterocycles. The Hall–Kier alpha value is -1.83. The van der Waals surface area contributed by atoms with E-state index in [9.17, 15) is 4.79 Å². The van der Waals surface area contributed by atoms with Gasteiger partial charge in [0.2, 0.25) is 5.91 Å². The Kier molecular flexibility index (Phi) is 4.35. The van der Waals surface area contributed by atoms with Gasteiger partial charge < -0.3 is 4.90 Å². The zero-order chi connectivity index (χ0) is 12.8. The second-order valence-corrected chi connectivity index (χ2v) is 4.62. The number of rotatable bonds is 6. The van der Waals surface area contributed by atoms with Gasteiger partial charge in [0, 0.05) is 19.0 Å². The molecule has 0 aromatic heterocycles. The van der Waals surface area contributed by atoms with Gasteiger partial charge in [-0.2, -0.15) is 0 Å². The van der Waals surface area contributed by atoms with Gasteiger partial charge in [-0.15, -0.1) is 6.58 Å². The highest BCUT2D eigenvalue weighted by molar-refractivity contribution is 5.81. The smallest absolute Gasteiger partial charge is 0.226 e. The van der Waals surface area contributed by atoms with Gasteiger partial charge in [-0.05, 0) is 18.4 Å². The molecule has 0 heterocycles. The molecule has 0 spiro atoms. The Bertz CT molecular complexity index is 432. The summed E-state index contributed by atoms with van der Waals surface area (Å²) in [6.07, 6.45) is 7.98. The van der Waals surface area contributed by atoms with Gasteiger partial charge in [0.1, 0.15) is 0 Å². The molecule has 1 fully saturated rings. The van der Waals surface area contributed by atoms with Gasteiger partial charge in [0.25, 0.3) is 0 Å². The summed E-state index contributed by atoms with van der Waals surface area (Å²) in [4.78, 5) is 13.8. The van der Waals surface area contributed by atoms with Crippen LogP contribution in [-0.2, 0) is 4.79 Å². The summed E-state index contributed by atoms with van der Waals surface area (Å²) in [5.41, 5.74) is 1.16. The summed E-state index contributed by atoms with van der Waals surface area (Å²) in [7, 11) is 0. The second-order valence-electron chi connectivity index (χ2n) is 4.62. The fourth-order valence-electron chi connectivity index (χ4n) is 1.88. The van der Waals surface area contributed by atoms with E-state index >= 15 is 0 Å². The van der Waals surface area contributed by atoms with E-state index in [-0.39, 0.29) is 11.8 Å². The van der Waals surface area contributed by atoms with Crippen molar-refractivity contribution < 1.29 is 4.79 Å². The number of amides is 1. The van der Waals surface area contributed by atoms with Crippen molar-refractivity contribution in [1.82, 2.24) is 4.90 Å². The number of carbonyl (C=O) groups excluding carboxylic acids is 1. The van der Waals surface area contributed by atoms with E-state index in [1.807, 2.05) is 29.2 Å². The molecule has 0 bridgehead atoms. The lowest BCUT2D eigenvalue weighted by atomic mass is 10.2. The van der Waals surface area contributed by atoms with Crippen LogP contribution in [0.1, 0.15) is 18.4 Å². The maximum absolute atomic E-state index is 12.0. The molecule has 1 aliphatic rings. The third-order valence-corrected chi connectivity index (χ3v) is 3.02. The third-order valence-electron chi connectivity index (χ3n) is 3.02. The van der Waals surface area contributed by atoms with Gasteiger partial charge in [-0.3, -0.25) is 4.79 Å². The van der Waals surface area contributed by atoms with Crippen molar-refractivity contribution in [2.75, 3.05) is 13.1 Å². The van der Waals surface area contributed by atoms with E-state index in [1.165, 1.54) is 0 Å². The van der Waals surface area contributed by atoms with E-state index in [0.717, 1.165) is 18.4 Å². The summed E-state index contributed by atoms with van der Waals surface area (Å²) in [5, 5.41) is 0. The van der Waals surface area contributed by atoms with Crippen molar-refractivity contribution in [3.63, 3.8) is 0 Å². The molecule has 0 radical (unpaired) electrons. The van der Waals surface area contributed by atoms with Crippen LogP contribution in [0.5, 0.6) is 0 Å². The first kappa shape index (κ1) is 12.6. The van der Waals surface area contributed by atoms with Crippen molar-refractivity contribution in [2.45, 2.75) is 12.8 Å². The molecule has 2 nitrogen and oxygen atoms in total. The Balaban J connectivity index is 1.90. The largest absolute Gasteiger partial charge is 0.335 e. The molecule has 18 heavy (non-hydrogen) atoms. The lowest BCUT2D eigenvalue weighted by Crippen LogP contribution is -2.32. The normalized spacial score (nSPS) is 14.7. The van der Waals surface area contributed by atoms with Crippen molar-refractivity contribution in [2.24, 2.45) is 5.92 Å². The van der Waals surface area contributed by atoms with Crippen LogP contribution in [0.25, 0.3) is 6.08 Å². The zero-order valence-electron chi connectivity index (χ0n) is 10.6. The lowest BCUT2D eigenvalue weighted by molar-refractivity contribution is -0.131. The molecule has 1 saturated carbocycles. The molecule has 1 aromatic carbocycles. The van der Waals surface area contributed by atoms with Gasteiger partial charge >= 0.3 is 0 Å². The molecule has 0 saturated heterocycles. The van der Waals surface area contributed by atoms with Crippen LogP contribution in [0.2, 0.25) is 0 Å². The Morgan fingerprint density at radius 2 is 2.00 bits per heavy atom. The highest BCUT2D eigenvalue weighted by atomic mass is 16.2. The Morgan fingerprint density at radius 1 is 1.28 bits per heavy atom. The highest BCUT2D eigenvalue weighted by Crippen LogP contribution is 2.30. The monoisotopic (exact) mass is 241 g/mol. The minimum atomic E-state index is 0.271. The van der Waals surface area contributed by atoms with Crippen LogP contribution in [-0.4, -0.2) is 23.9 Å². The Morgan fingerprint density at radius 3 is 2.61 bits per heavy atom. The predicted molar refractivity (Wildman–Crippen MR) is 75.0 cm³/mol. The number of hydrogen-bond acceptors (Lipinski definition) is 1. The van der Waals surface area contributed by atoms with E-state index in [1.54, 1.807) is 6.08 Å². The van der Waals surface area contributed by atoms with Crippen molar-refractivity contribution >= 4 is 12.0 Å². The molecular weight excluding hydrogens is 222 g/mol. The number of hydrogen-bond donors (Lipinski definition) is 0. The zero-order valence-corrected chi connectivity index (χ0v) is 10.6. The molecule has 1 aromatic rings. The average Bonchev–Trinajstić information content (AvgIpc) is 3.22. The van der Waals surface area contributed by atoms with Gasteiger partial charge in [0.15, 0.2) is 0 Å². The lowest BCUT2D eigenvalue weighted by Gasteiger charge is -2.19. The molecule has 2 rings (SSSR count). The average molecular weight is 241 g/mol. The standard InChI is InChI=1S/C16H19NO/c1-2-12-17(16(18)15-10-11-15)13-6-9-14-7-4-3-5-8-14/h2-9,15H,1,10-13H2. The predicted octanol–water partition coefficient (Wildman–Crippen LogP) is 3.12. The minimum Gasteiger partial charge on any atom is -0.335 e. The van der Waals surface area contributed by atoms with Crippen LogP contribution in [0, 0.1) is 5.92 Å². The Labute approximate surface area is 109 Å². The minimum absolute atomic E-state index is 0.271. The number of nitrogens with zero attached hydrogens (tertiary/aromatic N) is 1. The summed E-state index contributed by atoms with van der Waals surface area (Å²) in [6.45, 7) is 5.01. The maximum Gasteiger partial charge on any atom is 0.226 e. The third kappa shape index (κ3) is 3.59. The van der Waals surface area contributed by atoms with Gasteiger partial charge in [0.05, 0.1) is 0 Å². The van der Waals surface area contributed by atoms with Gasteiger partial charge in [-0.1, -0.05) is 48.6 Å². The van der Waals surface area contributed by atoms with E-state index in [0.29, 0.717) is 13.1 Å². The van der Waals surface area contributed by atoms with Crippen LogP contribution in [0.3, 0.4) is 0 Å². The van der Waals surface area contributed by atoms with Crippen LogP contribution < -0.4 is 0 Å². The first-order valence-corrected chi connectivity index (χ1v) is 6.42. The highest BCUT2D eigenvalue weighted by Gasteiger charge is 2.32. The van der Waals surface area contributed by atoms with Crippen LogP contribution in [0.4, 0.5) is 0 Å². The molecule has 1 amide bonds. The van der Waals surface area contributed by atoms with Crippen LogP contribution in [0.15, 0.2) is 49.1 Å².